The first-order chi connectivity index (χ1) is 13.8. The van der Waals surface area contributed by atoms with Crippen LogP contribution in [0.5, 0.6) is 0 Å². The van der Waals surface area contributed by atoms with Crippen LogP contribution in [0.25, 0.3) is 0 Å². The highest BCUT2D eigenvalue weighted by Gasteiger charge is 2.36. The monoisotopic (exact) mass is 444 g/mol. The minimum atomic E-state index is -3.87. The molecule has 1 unspecified atom stereocenters. The maximum absolute atomic E-state index is 14.2. The van der Waals surface area contributed by atoms with E-state index in [-0.39, 0.29) is 29.0 Å². The van der Waals surface area contributed by atoms with E-state index in [1.165, 1.54) is 27.3 Å². The van der Waals surface area contributed by atoms with Gasteiger partial charge in [0.15, 0.2) is 11.0 Å². The van der Waals surface area contributed by atoms with Gasteiger partial charge in [-0.2, -0.15) is 12.7 Å². The number of rotatable bonds is 9. The maximum atomic E-state index is 14.2. The van der Waals surface area contributed by atoms with E-state index in [0.29, 0.717) is 4.09 Å². The molecule has 1 heterocycles. The number of hydrogen-bond donors (Lipinski definition) is 0. The first-order valence-corrected chi connectivity index (χ1v) is 11.1. The second-order valence-electron chi connectivity index (χ2n) is 6.45. The van der Waals surface area contributed by atoms with Crippen molar-refractivity contribution >= 4 is 26.9 Å². The van der Waals surface area contributed by atoms with Crippen LogP contribution in [-0.2, 0) is 26.0 Å². The van der Waals surface area contributed by atoms with Crippen molar-refractivity contribution in [3.05, 3.63) is 42.0 Å². The smallest absolute Gasteiger partial charge is 0.323 e. The van der Waals surface area contributed by atoms with E-state index in [4.69, 9.17) is 4.84 Å². The van der Waals surface area contributed by atoms with Gasteiger partial charge in [-0.25, -0.2) is 17.9 Å². The fourth-order valence-electron chi connectivity index (χ4n) is 2.50. The normalized spacial score (nSPS) is 16.4. The zero-order valence-electron chi connectivity index (χ0n) is 16.1. The van der Waals surface area contributed by atoms with Gasteiger partial charge in [0.1, 0.15) is 25.0 Å². The summed E-state index contributed by atoms with van der Waals surface area (Å²) in [6, 6.07) is 6.03. The van der Waals surface area contributed by atoms with E-state index in [9.17, 15) is 17.0 Å². The number of aromatic nitrogens is 3. The molecule has 0 spiro atoms. The van der Waals surface area contributed by atoms with Gasteiger partial charge >= 0.3 is 10.2 Å². The largest absolute Gasteiger partial charge is 0.399 e. The SMILES string of the molecule is CO/N=C(\CN(C1CC1)S(=O)c1ncn(S(=O)(=O)N(C)C)n1)c1ccccc1F. The van der Waals surface area contributed by atoms with E-state index in [1.807, 2.05) is 0 Å². The number of nitrogens with zero attached hydrogens (tertiary/aromatic N) is 6. The number of halogens is 1. The Labute approximate surface area is 170 Å². The third-order valence-electron chi connectivity index (χ3n) is 4.16. The zero-order valence-corrected chi connectivity index (χ0v) is 17.7. The molecule has 0 aliphatic heterocycles. The lowest BCUT2D eigenvalue weighted by atomic mass is 10.1. The molecular formula is C16H21FN6O4S2. The fourth-order valence-corrected chi connectivity index (χ4v) is 4.46. The molecule has 0 radical (unpaired) electrons. The van der Waals surface area contributed by atoms with Gasteiger partial charge in [-0.15, -0.1) is 9.19 Å². The Morgan fingerprint density at radius 3 is 2.66 bits per heavy atom. The zero-order chi connectivity index (χ0) is 21.2. The van der Waals surface area contributed by atoms with Crippen LogP contribution < -0.4 is 0 Å². The Kier molecular flexibility index (Phi) is 6.41. The van der Waals surface area contributed by atoms with Gasteiger partial charge in [0.2, 0.25) is 0 Å². The number of hydrogen-bond acceptors (Lipinski definition) is 7. The quantitative estimate of drug-likeness (QED) is 0.414. The summed E-state index contributed by atoms with van der Waals surface area (Å²) in [6.45, 7) is 0.0149. The predicted octanol–water partition coefficient (Wildman–Crippen LogP) is 0.609. The molecule has 1 saturated carbocycles. The van der Waals surface area contributed by atoms with Gasteiger partial charge in [-0.3, -0.25) is 0 Å². The molecule has 3 rings (SSSR count). The lowest BCUT2D eigenvalue weighted by Gasteiger charge is -2.20. The molecule has 0 N–H and O–H groups in total. The summed E-state index contributed by atoms with van der Waals surface area (Å²) < 4.78 is 54.8. The molecule has 10 nitrogen and oxygen atoms in total. The summed E-state index contributed by atoms with van der Waals surface area (Å²) >= 11 is 0. The third kappa shape index (κ3) is 4.69. The summed E-state index contributed by atoms with van der Waals surface area (Å²) in [5, 5.41) is 7.61. The lowest BCUT2D eigenvalue weighted by Crippen LogP contribution is -2.35. The van der Waals surface area contributed by atoms with Gasteiger partial charge < -0.3 is 4.84 Å². The van der Waals surface area contributed by atoms with Crippen molar-refractivity contribution in [3.8, 4) is 0 Å². The average molecular weight is 445 g/mol. The molecule has 0 amide bonds. The molecule has 13 heteroatoms. The number of benzene rings is 1. The second kappa shape index (κ2) is 8.65. The van der Waals surface area contributed by atoms with Gasteiger partial charge in [0.25, 0.3) is 5.16 Å². The van der Waals surface area contributed by atoms with E-state index in [2.05, 4.69) is 15.2 Å². The van der Waals surface area contributed by atoms with E-state index in [0.717, 1.165) is 23.5 Å². The number of oxime groups is 1. The van der Waals surface area contributed by atoms with Crippen molar-refractivity contribution in [3.63, 3.8) is 0 Å². The fraction of sp³-hybridized carbons (Fsp3) is 0.438. The van der Waals surface area contributed by atoms with Crippen LogP contribution >= 0.6 is 0 Å². The van der Waals surface area contributed by atoms with E-state index >= 15 is 0 Å². The van der Waals surface area contributed by atoms with Crippen LogP contribution in [0.4, 0.5) is 4.39 Å². The highest BCUT2D eigenvalue weighted by molar-refractivity contribution is 7.87. The molecule has 1 aliphatic carbocycles. The molecule has 1 fully saturated rings. The van der Waals surface area contributed by atoms with Crippen molar-refractivity contribution < 1.29 is 21.9 Å². The van der Waals surface area contributed by atoms with Gasteiger partial charge in [0, 0.05) is 25.7 Å². The molecule has 158 valence electrons. The maximum Gasteiger partial charge on any atom is 0.323 e. The predicted molar refractivity (Wildman–Crippen MR) is 104 cm³/mol. The van der Waals surface area contributed by atoms with Crippen LogP contribution in [0.15, 0.2) is 40.9 Å². The first kappa shape index (κ1) is 21.5. The Morgan fingerprint density at radius 2 is 2.07 bits per heavy atom. The van der Waals surface area contributed by atoms with Crippen molar-refractivity contribution in [1.82, 2.24) is 22.8 Å². The van der Waals surface area contributed by atoms with Crippen LogP contribution in [0.1, 0.15) is 18.4 Å². The summed E-state index contributed by atoms with van der Waals surface area (Å²) in [7, 11) is -1.69. The minimum Gasteiger partial charge on any atom is -0.399 e. The molecule has 29 heavy (non-hydrogen) atoms. The summed E-state index contributed by atoms with van der Waals surface area (Å²) in [5.41, 5.74) is 0.483. The Bertz CT molecular complexity index is 1040. The van der Waals surface area contributed by atoms with E-state index in [1.54, 1.807) is 22.5 Å². The molecule has 0 saturated heterocycles. The molecule has 0 bridgehead atoms. The molecule has 1 aromatic carbocycles. The van der Waals surface area contributed by atoms with Gasteiger partial charge in [0.05, 0.1) is 6.54 Å². The Balaban J connectivity index is 1.89. The van der Waals surface area contributed by atoms with Crippen LogP contribution in [0, 0.1) is 5.82 Å². The minimum absolute atomic E-state index is 0.0149. The summed E-state index contributed by atoms with van der Waals surface area (Å²) in [5.74, 6) is -0.482. The van der Waals surface area contributed by atoms with Gasteiger partial charge in [-0.1, -0.05) is 23.4 Å². The Hall–Kier alpha value is -2.22. The molecule has 1 atom stereocenters. The van der Waals surface area contributed by atoms with E-state index < -0.39 is 27.0 Å². The Morgan fingerprint density at radius 1 is 1.38 bits per heavy atom. The van der Waals surface area contributed by atoms with Crippen LogP contribution in [0.2, 0.25) is 0 Å². The second-order valence-corrected chi connectivity index (χ2v) is 9.78. The van der Waals surface area contributed by atoms with Crippen molar-refractivity contribution in [1.29, 1.82) is 0 Å². The molecular weight excluding hydrogens is 423 g/mol. The highest BCUT2D eigenvalue weighted by Crippen LogP contribution is 2.30. The summed E-state index contributed by atoms with van der Waals surface area (Å²) in [4.78, 5) is 8.75. The standard InChI is InChI=1S/C16H21FN6O4S2/c1-21(2)29(25,26)23-11-18-16(19-23)28(24)22(12-8-9-12)10-15(20-27-3)13-6-4-5-7-14(13)17/h4-7,11-12H,8-10H2,1-3H3/b20-15+. The molecule has 1 aliphatic rings. The average Bonchev–Trinajstić information content (AvgIpc) is 3.39. The van der Waals surface area contributed by atoms with Crippen LogP contribution in [0.3, 0.4) is 0 Å². The van der Waals surface area contributed by atoms with Crippen molar-refractivity contribution in [2.45, 2.75) is 24.0 Å². The topological polar surface area (TPSA) is 110 Å². The van der Waals surface area contributed by atoms with Crippen molar-refractivity contribution in [2.75, 3.05) is 27.7 Å². The summed E-state index contributed by atoms with van der Waals surface area (Å²) in [6.07, 6.45) is 2.58. The molecule has 2 aromatic rings. The third-order valence-corrected chi connectivity index (χ3v) is 7.09. The lowest BCUT2D eigenvalue weighted by molar-refractivity contribution is 0.212. The van der Waals surface area contributed by atoms with Crippen molar-refractivity contribution in [2.24, 2.45) is 5.16 Å². The van der Waals surface area contributed by atoms with Crippen LogP contribution in [-0.4, -0.2) is 74.9 Å². The first-order valence-electron chi connectivity index (χ1n) is 8.64. The van der Waals surface area contributed by atoms with Gasteiger partial charge in [-0.05, 0) is 18.9 Å². The highest BCUT2D eigenvalue weighted by atomic mass is 32.2. The molecule has 1 aromatic heterocycles.